The quantitative estimate of drug-likeness (QED) is 0.792. The number of carbonyl (C=O) groups excluding carboxylic acids is 2. The van der Waals surface area contributed by atoms with E-state index in [1.54, 1.807) is 19.1 Å². The van der Waals surface area contributed by atoms with E-state index in [1.165, 1.54) is 0 Å². The highest BCUT2D eigenvalue weighted by molar-refractivity contribution is 5.85. The molecule has 0 heterocycles. The van der Waals surface area contributed by atoms with Crippen LogP contribution in [0, 0.1) is 0 Å². The predicted molar refractivity (Wildman–Crippen MR) is 93.9 cm³/mol. The number of hydrogen-bond donors (Lipinski definition) is 3. The van der Waals surface area contributed by atoms with Gasteiger partial charge in [0.2, 0.25) is 11.8 Å². The van der Waals surface area contributed by atoms with Gasteiger partial charge in [-0.05, 0) is 18.1 Å². The van der Waals surface area contributed by atoms with Gasteiger partial charge < -0.3 is 17.2 Å². The fourth-order valence-corrected chi connectivity index (χ4v) is 1.73. The average Bonchev–Trinajstić information content (AvgIpc) is 2.55. The van der Waals surface area contributed by atoms with E-state index in [0.29, 0.717) is 0 Å². The zero-order valence-electron chi connectivity index (χ0n) is 12.9. The van der Waals surface area contributed by atoms with Gasteiger partial charge in [-0.1, -0.05) is 60.7 Å². The molecular formula is C17H22ClN3O2. The van der Waals surface area contributed by atoms with Crippen molar-refractivity contribution in [2.24, 2.45) is 17.2 Å². The van der Waals surface area contributed by atoms with E-state index in [0.717, 1.165) is 11.1 Å². The molecule has 2 rings (SSSR count). The molecule has 0 aliphatic carbocycles. The van der Waals surface area contributed by atoms with Crippen LogP contribution >= 0.6 is 12.4 Å². The third-order valence-electron chi connectivity index (χ3n) is 3.19. The van der Waals surface area contributed by atoms with Crippen LogP contribution < -0.4 is 17.2 Å². The first-order chi connectivity index (χ1) is 10.4. The minimum absolute atomic E-state index is 0. The zero-order chi connectivity index (χ0) is 16.5. The summed E-state index contributed by atoms with van der Waals surface area (Å²) in [6.07, 6.45) is 0. The number of halogens is 1. The maximum atomic E-state index is 10.7. The standard InChI is InChI=1S/C9H11NO.C8H10N2O.ClH/c1-7(9(10)11)8-5-3-2-4-6-8;9-7(8(10)11)6-4-2-1-3-5-6;/h2-7H,1H3,(H2,10,11);1-5,7H,9H2,(H2,10,11);1H. The SMILES string of the molecule is CC(C(N)=O)c1ccccc1.Cl.NC(=O)C(N)c1ccccc1. The van der Waals surface area contributed by atoms with Crippen molar-refractivity contribution >= 4 is 24.2 Å². The lowest BCUT2D eigenvalue weighted by Gasteiger charge is -2.05. The number of carbonyl (C=O) groups is 2. The van der Waals surface area contributed by atoms with Gasteiger partial charge in [0.25, 0.3) is 0 Å². The summed E-state index contributed by atoms with van der Waals surface area (Å²) in [6, 6.07) is 17.9. The molecule has 2 amide bonds. The van der Waals surface area contributed by atoms with Crippen molar-refractivity contribution in [3.8, 4) is 0 Å². The molecule has 0 aliphatic rings. The second-order valence-corrected chi connectivity index (χ2v) is 4.83. The molecule has 6 heteroatoms. The molecule has 0 aromatic heterocycles. The van der Waals surface area contributed by atoms with E-state index >= 15 is 0 Å². The van der Waals surface area contributed by atoms with Crippen LogP contribution in [0.5, 0.6) is 0 Å². The summed E-state index contributed by atoms with van der Waals surface area (Å²) in [5.41, 5.74) is 17.3. The number of rotatable bonds is 4. The monoisotopic (exact) mass is 335 g/mol. The largest absolute Gasteiger partial charge is 0.369 e. The van der Waals surface area contributed by atoms with Crippen molar-refractivity contribution in [1.29, 1.82) is 0 Å². The van der Waals surface area contributed by atoms with E-state index < -0.39 is 11.9 Å². The van der Waals surface area contributed by atoms with Gasteiger partial charge in [-0.3, -0.25) is 9.59 Å². The molecule has 0 fully saturated rings. The Kier molecular flexibility index (Phi) is 9.30. The zero-order valence-corrected chi connectivity index (χ0v) is 13.7. The summed E-state index contributed by atoms with van der Waals surface area (Å²) >= 11 is 0. The smallest absolute Gasteiger partial charge is 0.238 e. The predicted octanol–water partition coefficient (Wildman–Crippen LogP) is 1.87. The molecule has 124 valence electrons. The molecule has 2 aromatic carbocycles. The van der Waals surface area contributed by atoms with E-state index in [-0.39, 0.29) is 24.2 Å². The Morgan fingerprint density at radius 3 is 1.52 bits per heavy atom. The lowest BCUT2D eigenvalue weighted by Crippen LogP contribution is -2.27. The molecule has 0 aliphatic heterocycles. The summed E-state index contributed by atoms with van der Waals surface area (Å²) in [4.78, 5) is 21.3. The minimum atomic E-state index is -0.684. The van der Waals surface area contributed by atoms with Gasteiger partial charge in [-0.15, -0.1) is 12.4 Å². The van der Waals surface area contributed by atoms with Gasteiger partial charge in [0, 0.05) is 0 Å². The van der Waals surface area contributed by atoms with Gasteiger partial charge in [0.15, 0.2) is 0 Å². The summed E-state index contributed by atoms with van der Waals surface area (Å²) < 4.78 is 0. The Labute approximate surface area is 142 Å². The molecule has 6 N–H and O–H groups in total. The van der Waals surface area contributed by atoms with Crippen molar-refractivity contribution < 1.29 is 9.59 Å². The first-order valence-electron chi connectivity index (χ1n) is 6.87. The highest BCUT2D eigenvalue weighted by Gasteiger charge is 2.10. The Morgan fingerprint density at radius 1 is 0.783 bits per heavy atom. The molecule has 0 spiro atoms. The molecule has 23 heavy (non-hydrogen) atoms. The second-order valence-electron chi connectivity index (χ2n) is 4.83. The fraction of sp³-hybridized carbons (Fsp3) is 0.176. The molecular weight excluding hydrogens is 314 g/mol. The van der Waals surface area contributed by atoms with Crippen molar-refractivity contribution in [3.63, 3.8) is 0 Å². The lowest BCUT2D eigenvalue weighted by molar-refractivity contribution is -0.120. The third kappa shape index (κ3) is 6.95. The van der Waals surface area contributed by atoms with Crippen molar-refractivity contribution in [1.82, 2.24) is 0 Å². The Balaban J connectivity index is 0.000000403. The molecule has 0 saturated carbocycles. The average molecular weight is 336 g/mol. The number of primary amides is 2. The van der Waals surface area contributed by atoms with E-state index in [1.807, 2.05) is 48.5 Å². The first-order valence-corrected chi connectivity index (χ1v) is 6.87. The third-order valence-corrected chi connectivity index (χ3v) is 3.19. The molecule has 0 saturated heterocycles. The summed E-state index contributed by atoms with van der Waals surface area (Å²) in [5.74, 6) is -0.969. The van der Waals surface area contributed by atoms with Gasteiger partial charge in [0.1, 0.15) is 6.04 Å². The lowest BCUT2D eigenvalue weighted by atomic mass is 10.0. The Hall–Kier alpha value is -2.37. The Morgan fingerprint density at radius 2 is 1.17 bits per heavy atom. The van der Waals surface area contributed by atoms with Crippen LogP contribution in [0.15, 0.2) is 60.7 Å². The highest BCUT2D eigenvalue weighted by Crippen LogP contribution is 2.12. The van der Waals surface area contributed by atoms with E-state index in [2.05, 4.69) is 0 Å². The van der Waals surface area contributed by atoms with Crippen LogP contribution in [0.4, 0.5) is 0 Å². The molecule has 0 radical (unpaired) electrons. The molecule has 2 unspecified atom stereocenters. The van der Waals surface area contributed by atoms with Crippen molar-refractivity contribution in [2.45, 2.75) is 18.9 Å². The minimum Gasteiger partial charge on any atom is -0.369 e. The molecule has 2 aromatic rings. The first kappa shape index (κ1) is 20.6. The Bertz CT molecular complexity index is 550. The maximum absolute atomic E-state index is 10.7. The second kappa shape index (κ2) is 10.4. The summed E-state index contributed by atoms with van der Waals surface area (Å²) in [7, 11) is 0. The van der Waals surface area contributed by atoms with Crippen LogP contribution in [0.1, 0.15) is 30.0 Å². The van der Waals surface area contributed by atoms with Crippen LogP contribution in [0.2, 0.25) is 0 Å². The van der Waals surface area contributed by atoms with Crippen LogP contribution in [-0.2, 0) is 9.59 Å². The number of nitrogens with two attached hydrogens (primary N) is 3. The number of benzene rings is 2. The van der Waals surface area contributed by atoms with Crippen molar-refractivity contribution in [2.75, 3.05) is 0 Å². The maximum Gasteiger partial charge on any atom is 0.238 e. The molecule has 5 nitrogen and oxygen atoms in total. The van der Waals surface area contributed by atoms with Crippen LogP contribution in [0.25, 0.3) is 0 Å². The molecule has 0 bridgehead atoms. The van der Waals surface area contributed by atoms with Gasteiger partial charge in [-0.25, -0.2) is 0 Å². The topological polar surface area (TPSA) is 112 Å². The summed E-state index contributed by atoms with van der Waals surface area (Å²) in [6.45, 7) is 1.80. The number of amides is 2. The normalized spacial score (nSPS) is 11.9. The van der Waals surface area contributed by atoms with E-state index in [9.17, 15) is 9.59 Å². The fourth-order valence-electron chi connectivity index (χ4n) is 1.73. The van der Waals surface area contributed by atoms with Crippen LogP contribution in [0.3, 0.4) is 0 Å². The van der Waals surface area contributed by atoms with Gasteiger partial charge in [0.05, 0.1) is 5.92 Å². The van der Waals surface area contributed by atoms with Crippen molar-refractivity contribution in [3.05, 3.63) is 71.8 Å². The van der Waals surface area contributed by atoms with Gasteiger partial charge >= 0.3 is 0 Å². The van der Waals surface area contributed by atoms with E-state index in [4.69, 9.17) is 17.2 Å². The van der Waals surface area contributed by atoms with Gasteiger partial charge in [-0.2, -0.15) is 0 Å². The number of hydrogen-bond acceptors (Lipinski definition) is 3. The molecule has 2 atom stereocenters. The summed E-state index contributed by atoms with van der Waals surface area (Å²) in [5, 5.41) is 0. The van der Waals surface area contributed by atoms with Crippen LogP contribution in [-0.4, -0.2) is 11.8 Å². The highest BCUT2D eigenvalue weighted by atomic mass is 35.5.